The van der Waals surface area contributed by atoms with Crippen molar-refractivity contribution in [2.24, 2.45) is 10.9 Å². The average Bonchev–Trinajstić information content (AvgIpc) is 2.46. The highest BCUT2D eigenvalue weighted by Crippen LogP contribution is 2.13. The topological polar surface area (TPSA) is 105 Å². The summed E-state index contributed by atoms with van der Waals surface area (Å²) in [5, 5.41) is 14.5. The summed E-state index contributed by atoms with van der Waals surface area (Å²) in [7, 11) is -3.39. The lowest BCUT2D eigenvalue weighted by molar-refractivity contribution is 0.318. The molecule has 4 N–H and O–H groups in total. The van der Waals surface area contributed by atoms with Crippen LogP contribution in [0.2, 0.25) is 0 Å². The number of nitrogens with zero attached hydrogens (tertiary/aromatic N) is 1. The maximum atomic E-state index is 12.1. The van der Waals surface area contributed by atoms with E-state index < -0.39 is 9.84 Å². The van der Waals surface area contributed by atoms with Crippen LogP contribution in [0.15, 0.2) is 47.0 Å². The van der Waals surface area contributed by atoms with Crippen molar-refractivity contribution < 1.29 is 13.6 Å². The van der Waals surface area contributed by atoms with Gasteiger partial charge in [0, 0.05) is 12.1 Å². The number of rotatable bonds is 8. The molecule has 1 aromatic carbocycles. The van der Waals surface area contributed by atoms with Crippen LogP contribution in [0.3, 0.4) is 0 Å². The maximum Gasteiger partial charge on any atom is 0.179 e. The quantitative estimate of drug-likeness (QED) is 0.164. The van der Waals surface area contributed by atoms with Crippen molar-refractivity contribution in [2.45, 2.75) is 11.3 Å². The highest BCUT2D eigenvalue weighted by molar-refractivity contribution is 7.91. The van der Waals surface area contributed by atoms with E-state index >= 15 is 0 Å². The van der Waals surface area contributed by atoms with Crippen LogP contribution in [-0.2, 0) is 9.84 Å². The minimum atomic E-state index is -3.39. The van der Waals surface area contributed by atoms with Gasteiger partial charge in [0.1, 0.15) is 0 Å². The van der Waals surface area contributed by atoms with E-state index in [0.717, 1.165) is 6.42 Å². The van der Waals surface area contributed by atoms with Crippen LogP contribution < -0.4 is 11.1 Å². The Balaban J connectivity index is 2.75. The first kappa shape index (κ1) is 16.2. The summed E-state index contributed by atoms with van der Waals surface area (Å²) in [5.74, 6) is -0.129. The second-order valence-corrected chi connectivity index (χ2v) is 6.27. The van der Waals surface area contributed by atoms with Gasteiger partial charge in [0.2, 0.25) is 0 Å². The lowest BCUT2D eigenvalue weighted by Gasteiger charge is -2.07. The van der Waals surface area contributed by atoms with Crippen LogP contribution >= 0.6 is 0 Å². The van der Waals surface area contributed by atoms with Crippen molar-refractivity contribution in [1.82, 2.24) is 5.32 Å². The van der Waals surface area contributed by atoms with Crippen LogP contribution in [0.4, 0.5) is 0 Å². The van der Waals surface area contributed by atoms with Gasteiger partial charge in [0.25, 0.3) is 0 Å². The van der Waals surface area contributed by atoms with Crippen molar-refractivity contribution in [2.75, 3.05) is 18.8 Å². The molecule has 0 aliphatic carbocycles. The smallest absolute Gasteiger partial charge is 0.179 e. The minimum Gasteiger partial charge on any atom is -0.409 e. The van der Waals surface area contributed by atoms with Gasteiger partial charge in [0.05, 0.1) is 10.6 Å². The molecule has 1 aromatic rings. The van der Waals surface area contributed by atoms with E-state index in [1.54, 1.807) is 18.2 Å². The Morgan fingerprint density at radius 3 is 2.85 bits per heavy atom. The van der Waals surface area contributed by atoms with E-state index in [9.17, 15) is 8.42 Å². The van der Waals surface area contributed by atoms with Gasteiger partial charge in [-0.15, -0.1) is 6.58 Å². The minimum absolute atomic E-state index is 0.0101. The van der Waals surface area contributed by atoms with Crippen LogP contribution in [0, 0.1) is 0 Å². The second-order valence-electron chi connectivity index (χ2n) is 4.16. The van der Waals surface area contributed by atoms with Crippen molar-refractivity contribution in [3.8, 4) is 0 Å². The molecule has 0 heterocycles. The maximum absolute atomic E-state index is 12.1. The van der Waals surface area contributed by atoms with Gasteiger partial charge in [-0.25, -0.2) is 8.42 Å². The third kappa shape index (κ3) is 4.67. The number of nitrogens with one attached hydrogen (secondary N) is 1. The molecule has 7 heteroatoms. The summed E-state index contributed by atoms with van der Waals surface area (Å²) < 4.78 is 24.2. The molecule has 0 saturated carbocycles. The summed E-state index contributed by atoms with van der Waals surface area (Å²) in [6, 6.07) is 6.03. The van der Waals surface area contributed by atoms with E-state index in [4.69, 9.17) is 10.9 Å². The Hall–Kier alpha value is -1.86. The van der Waals surface area contributed by atoms with Crippen LogP contribution in [0.1, 0.15) is 12.0 Å². The molecule has 0 amide bonds. The van der Waals surface area contributed by atoms with Crippen molar-refractivity contribution >= 4 is 15.7 Å². The molecule has 6 nitrogen and oxygen atoms in total. The van der Waals surface area contributed by atoms with E-state index in [0.29, 0.717) is 18.7 Å². The summed E-state index contributed by atoms with van der Waals surface area (Å²) >= 11 is 0. The zero-order valence-corrected chi connectivity index (χ0v) is 11.9. The summed E-state index contributed by atoms with van der Waals surface area (Å²) in [6.07, 6.45) is 2.56. The fourth-order valence-corrected chi connectivity index (χ4v) is 2.80. The molecule has 0 aromatic heterocycles. The molecule has 0 radical (unpaired) electrons. The standard InChI is InChI=1S/C13H19N3O3S/c1-2-3-7-15-8-9-20(18,19)12-6-4-5-11(10-12)13(14)16-17/h2,4-6,10,15,17H,1,3,7-9H2,(H2,14,16). The Morgan fingerprint density at radius 2 is 2.20 bits per heavy atom. The van der Waals surface area contributed by atoms with Crippen molar-refractivity contribution in [1.29, 1.82) is 0 Å². The number of hydrogen-bond acceptors (Lipinski definition) is 5. The largest absolute Gasteiger partial charge is 0.409 e. The summed E-state index contributed by atoms with van der Waals surface area (Å²) in [6.45, 7) is 4.65. The van der Waals surface area contributed by atoms with Gasteiger partial charge in [-0.2, -0.15) is 0 Å². The average molecular weight is 297 g/mol. The summed E-state index contributed by atoms with van der Waals surface area (Å²) in [4.78, 5) is 0.159. The molecule has 0 atom stereocenters. The zero-order valence-electron chi connectivity index (χ0n) is 11.1. The fourth-order valence-electron chi connectivity index (χ4n) is 1.56. The first-order chi connectivity index (χ1) is 9.51. The molecule has 20 heavy (non-hydrogen) atoms. The molecular weight excluding hydrogens is 278 g/mol. The zero-order chi connectivity index (χ0) is 15.0. The highest BCUT2D eigenvalue weighted by Gasteiger charge is 2.15. The molecule has 0 unspecified atom stereocenters. The third-order valence-corrected chi connectivity index (χ3v) is 4.38. The van der Waals surface area contributed by atoms with Crippen LogP contribution in [0.25, 0.3) is 0 Å². The lowest BCUT2D eigenvalue weighted by Crippen LogP contribution is -2.24. The third-order valence-electron chi connectivity index (χ3n) is 2.67. The lowest BCUT2D eigenvalue weighted by atomic mass is 10.2. The van der Waals surface area contributed by atoms with Gasteiger partial charge in [0.15, 0.2) is 15.7 Å². The SMILES string of the molecule is C=CCCNCCS(=O)(=O)c1cccc(/C(N)=N\O)c1. The number of oxime groups is 1. The van der Waals surface area contributed by atoms with E-state index in [1.165, 1.54) is 12.1 Å². The molecule has 0 saturated heterocycles. The predicted molar refractivity (Wildman–Crippen MR) is 78.7 cm³/mol. The molecule has 110 valence electrons. The number of sulfone groups is 1. The number of nitrogens with two attached hydrogens (primary N) is 1. The van der Waals surface area contributed by atoms with Crippen LogP contribution in [-0.4, -0.2) is 38.3 Å². The van der Waals surface area contributed by atoms with Gasteiger partial charge >= 0.3 is 0 Å². The van der Waals surface area contributed by atoms with Gasteiger partial charge in [-0.1, -0.05) is 23.4 Å². The summed E-state index contributed by atoms with van der Waals surface area (Å²) in [5.41, 5.74) is 5.81. The Morgan fingerprint density at radius 1 is 1.45 bits per heavy atom. The fraction of sp³-hybridized carbons (Fsp3) is 0.308. The normalized spacial score (nSPS) is 12.3. The number of amidine groups is 1. The number of benzene rings is 1. The Bertz CT molecular complexity index is 582. The van der Waals surface area contributed by atoms with E-state index in [-0.39, 0.29) is 16.5 Å². The molecule has 1 rings (SSSR count). The van der Waals surface area contributed by atoms with E-state index in [2.05, 4.69) is 17.1 Å². The Labute approximate surface area is 118 Å². The molecule has 0 fully saturated rings. The van der Waals surface area contributed by atoms with Gasteiger partial charge in [-0.05, 0) is 25.1 Å². The highest BCUT2D eigenvalue weighted by atomic mass is 32.2. The van der Waals surface area contributed by atoms with E-state index in [1.807, 2.05) is 0 Å². The van der Waals surface area contributed by atoms with Gasteiger partial charge in [-0.3, -0.25) is 0 Å². The molecular formula is C13H19N3O3S. The van der Waals surface area contributed by atoms with Crippen LogP contribution in [0.5, 0.6) is 0 Å². The van der Waals surface area contributed by atoms with Gasteiger partial charge < -0.3 is 16.3 Å². The predicted octanol–water partition coefficient (Wildman–Crippen LogP) is 0.720. The first-order valence-electron chi connectivity index (χ1n) is 6.13. The molecule has 0 aliphatic heterocycles. The second kappa shape index (κ2) is 7.66. The first-order valence-corrected chi connectivity index (χ1v) is 7.79. The molecule has 0 bridgehead atoms. The molecule has 0 aliphatic rings. The van der Waals surface area contributed by atoms with Crippen molar-refractivity contribution in [3.63, 3.8) is 0 Å². The molecule has 0 spiro atoms. The van der Waals surface area contributed by atoms with Crippen molar-refractivity contribution in [3.05, 3.63) is 42.5 Å². The monoisotopic (exact) mass is 297 g/mol. The number of hydrogen-bond donors (Lipinski definition) is 3. The Kier molecular flexibility index (Phi) is 6.20.